The van der Waals surface area contributed by atoms with Crippen molar-refractivity contribution in [3.63, 3.8) is 0 Å². The summed E-state index contributed by atoms with van der Waals surface area (Å²) >= 11 is 1.66. The third kappa shape index (κ3) is 6.07. The number of benzene rings is 3. The van der Waals surface area contributed by atoms with Gasteiger partial charge in [-0.3, -0.25) is 9.59 Å². The summed E-state index contributed by atoms with van der Waals surface area (Å²) in [5.41, 5.74) is 3.88. The van der Waals surface area contributed by atoms with Crippen LogP contribution in [-0.2, 0) is 16.0 Å². The highest BCUT2D eigenvalue weighted by atomic mass is 32.1. The lowest BCUT2D eigenvalue weighted by atomic mass is 9.99. The number of carbonyl (C=O) groups excluding carboxylic acids is 3. The van der Waals surface area contributed by atoms with Gasteiger partial charge in [0.25, 0.3) is 11.8 Å². The van der Waals surface area contributed by atoms with Crippen molar-refractivity contribution in [2.45, 2.75) is 26.2 Å². The molecule has 0 radical (unpaired) electrons. The van der Waals surface area contributed by atoms with Gasteiger partial charge in [0.1, 0.15) is 5.75 Å². The highest BCUT2D eigenvalue weighted by Crippen LogP contribution is 2.34. The van der Waals surface area contributed by atoms with E-state index in [4.69, 9.17) is 9.47 Å². The van der Waals surface area contributed by atoms with Crippen LogP contribution in [0.2, 0.25) is 0 Å². The van der Waals surface area contributed by atoms with Gasteiger partial charge in [0, 0.05) is 22.5 Å². The van der Waals surface area contributed by atoms with E-state index in [0.29, 0.717) is 23.4 Å². The molecule has 204 valence electrons. The minimum absolute atomic E-state index is 0.158. The van der Waals surface area contributed by atoms with Crippen molar-refractivity contribution >= 4 is 40.5 Å². The fourth-order valence-electron chi connectivity index (χ4n) is 4.76. The summed E-state index contributed by atoms with van der Waals surface area (Å²) in [6.07, 6.45) is 2.90. The molecule has 0 bridgehead atoms. The molecular weight excluding hydrogens is 524 g/mol. The summed E-state index contributed by atoms with van der Waals surface area (Å²) < 4.78 is 10.8. The van der Waals surface area contributed by atoms with Crippen LogP contribution < -0.4 is 15.0 Å². The molecule has 0 aliphatic carbocycles. The van der Waals surface area contributed by atoms with Gasteiger partial charge in [-0.25, -0.2) is 4.79 Å². The molecule has 5 rings (SSSR count). The lowest BCUT2D eigenvalue weighted by Crippen LogP contribution is -2.31. The number of thiophene rings is 1. The number of nitrogens with zero attached hydrogens (tertiary/aromatic N) is 1. The van der Waals surface area contributed by atoms with Crippen LogP contribution in [0, 0.1) is 0 Å². The average molecular weight is 555 g/mol. The number of rotatable bonds is 8. The first kappa shape index (κ1) is 27.1. The summed E-state index contributed by atoms with van der Waals surface area (Å²) in [6, 6.07) is 23.9. The number of amides is 2. The lowest BCUT2D eigenvalue weighted by Gasteiger charge is -2.22. The van der Waals surface area contributed by atoms with E-state index in [9.17, 15) is 14.4 Å². The molecule has 1 aromatic heterocycles. The van der Waals surface area contributed by atoms with Crippen molar-refractivity contribution < 1.29 is 23.9 Å². The number of hydrogen-bond acceptors (Lipinski definition) is 6. The first-order valence-electron chi connectivity index (χ1n) is 13.3. The average Bonchev–Trinajstić information content (AvgIpc) is 3.35. The smallest absolute Gasteiger partial charge is 0.344 e. The number of esters is 1. The third-order valence-corrected chi connectivity index (χ3v) is 7.65. The Morgan fingerprint density at radius 2 is 1.75 bits per heavy atom. The van der Waals surface area contributed by atoms with Gasteiger partial charge >= 0.3 is 5.97 Å². The molecule has 2 amide bonds. The lowest BCUT2D eigenvalue weighted by molar-refractivity contribution is -0.145. The quantitative estimate of drug-likeness (QED) is 0.248. The third-order valence-electron chi connectivity index (χ3n) is 6.68. The number of fused-ring (bicyclic) bond motifs is 1. The molecule has 7 nitrogen and oxygen atoms in total. The van der Waals surface area contributed by atoms with E-state index < -0.39 is 5.97 Å². The fourth-order valence-corrected chi connectivity index (χ4v) is 5.68. The minimum atomic E-state index is -0.540. The number of hydrogen-bond donors (Lipinski definition) is 1. The summed E-state index contributed by atoms with van der Waals surface area (Å²) in [7, 11) is 0. The van der Waals surface area contributed by atoms with Crippen LogP contribution in [0.1, 0.15) is 45.4 Å². The zero-order valence-corrected chi connectivity index (χ0v) is 23.0. The molecule has 4 aromatic rings. The standard InChI is InChI=1S/C32H30N2O5S/c1-2-38-30(35)21-39-28-20-23(32(37)34-18-9-8-14-29-27(34)17-19-40-29)15-16-26(28)33-31(36)25-13-7-6-12-24(25)22-10-4-3-5-11-22/h3-7,10-13,15-17,19-20H,2,8-9,14,18,21H2,1H3,(H,33,36). The van der Waals surface area contributed by atoms with Gasteiger partial charge in [0.05, 0.1) is 18.0 Å². The largest absolute Gasteiger partial charge is 0.480 e. The highest BCUT2D eigenvalue weighted by molar-refractivity contribution is 7.10. The molecule has 0 spiro atoms. The fraction of sp³-hybridized carbons (Fsp3) is 0.219. The molecule has 2 heterocycles. The van der Waals surface area contributed by atoms with E-state index in [1.807, 2.05) is 53.9 Å². The number of nitrogens with one attached hydrogen (secondary N) is 1. The molecule has 8 heteroatoms. The van der Waals surface area contributed by atoms with Crippen LogP contribution in [0.3, 0.4) is 0 Å². The van der Waals surface area contributed by atoms with Gasteiger partial charge in [0.2, 0.25) is 0 Å². The van der Waals surface area contributed by atoms with E-state index in [-0.39, 0.29) is 30.8 Å². The van der Waals surface area contributed by atoms with Gasteiger partial charge in [-0.15, -0.1) is 11.3 Å². The molecule has 3 aromatic carbocycles. The van der Waals surface area contributed by atoms with Crippen LogP contribution in [0.25, 0.3) is 11.1 Å². The van der Waals surface area contributed by atoms with Crippen molar-refractivity contribution in [2.24, 2.45) is 0 Å². The maximum atomic E-state index is 13.7. The van der Waals surface area contributed by atoms with Crippen molar-refractivity contribution in [1.29, 1.82) is 0 Å². The Kier molecular flexibility index (Phi) is 8.56. The van der Waals surface area contributed by atoms with E-state index >= 15 is 0 Å². The zero-order valence-electron chi connectivity index (χ0n) is 22.2. The van der Waals surface area contributed by atoms with E-state index in [1.165, 1.54) is 4.88 Å². The molecule has 0 saturated carbocycles. The topological polar surface area (TPSA) is 84.9 Å². The summed E-state index contributed by atoms with van der Waals surface area (Å²) in [4.78, 5) is 42.2. The molecule has 0 fully saturated rings. The predicted octanol–water partition coefficient (Wildman–Crippen LogP) is 6.59. The maximum Gasteiger partial charge on any atom is 0.344 e. The Labute approximate surface area is 237 Å². The van der Waals surface area contributed by atoms with Gasteiger partial charge in [-0.05, 0) is 73.0 Å². The Balaban J connectivity index is 1.45. The number of anilines is 2. The molecule has 40 heavy (non-hydrogen) atoms. The first-order valence-corrected chi connectivity index (χ1v) is 14.2. The SMILES string of the molecule is CCOC(=O)COc1cc(C(=O)N2CCCCc3sccc32)ccc1NC(=O)c1ccccc1-c1ccccc1. The van der Waals surface area contributed by atoms with Crippen LogP contribution in [0.15, 0.2) is 84.2 Å². The van der Waals surface area contributed by atoms with Gasteiger partial charge < -0.3 is 19.7 Å². The maximum absolute atomic E-state index is 13.7. The molecule has 0 unspecified atom stereocenters. The van der Waals surface area contributed by atoms with Crippen LogP contribution in [0.5, 0.6) is 5.75 Å². The Morgan fingerprint density at radius 1 is 0.950 bits per heavy atom. The molecular formula is C32H30N2O5S. The second kappa shape index (κ2) is 12.6. The van der Waals surface area contributed by atoms with Gasteiger partial charge in [-0.2, -0.15) is 0 Å². The zero-order chi connectivity index (χ0) is 27.9. The van der Waals surface area contributed by atoms with Crippen LogP contribution >= 0.6 is 11.3 Å². The predicted molar refractivity (Wildman–Crippen MR) is 157 cm³/mol. The van der Waals surface area contributed by atoms with Crippen molar-refractivity contribution in [3.8, 4) is 16.9 Å². The number of aryl methyl sites for hydroxylation is 1. The molecule has 1 N–H and O–H groups in total. The summed E-state index contributed by atoms with van der Waals surface area (Å²) in [6.45, 7) is 2.20. The Hall–Kier alpha value is -4.43. The second-order valence-corrected chi connectivity index (χ2v) is 10.3. The van der Waals surface area contributed by atoms with E-state index in [0.717, 1.165) is 36.1 Å². The minimum Gasteiger partial charge on any atom is -0.480 e. The normalized spacial score (nSPS) is 12.7. The molecule has 0 saturated heterocycles. The van der Waals surface area contributed by atoms with Crippen LogP contribution in [-0.4, -0.2) is 37.5 Å². The van der Waals surface area contributed by atoms with E-state index in [1.54, 1.807) is 53.5 Å². The molecule has 1 aliphatic heterocycles. The van der Waals surface area contributed by atoms with Gasteiger partial charge in [-0.1, -0.05) is 48.5 Å². The second-order valence-electron chi connectivity index (χ2n) is 9.31. The molecule has 0 atom stereocenters. The van der Waals surface area contributed by atoms with E-state index in [2.05, 4.69) is 5.32 Å². The van der Waals surface area contributed by atoms with Crippen molar-refractivity contribution in [1.82, 2.24) is 0 Å². The monoisotopic (exact) mass is 554 g/mol. The Bertz CT molecular complexity index is 1510. The van der Waals surface area contributed by atoms with Crippen molar-refractivity contribution in [3.05, 3.63) is 100 Å². The molecule has 1 aliphatic rings. The number of ether oxygens (including phenoxy) is 2. The Morgan fingerprint density at radius 3 is 2.58 bits per heavy atom. The summed E-state index contributed by atoms with van der Waals surface area (Å²) in [5.74, 6) is -0.823. The highest BCUT2D eigenvalue weighted by Gasteiger charge is 2.25. The number of carbonyl (C=O) groups is 3. The van der Waals surface area contributed by atoms with Crippen molar-refractivity contribution in [2.75, 3.05) is 30.0 Å². The first-order chi connectivity index (χ1) is 19.5. The summed E-state index contributed by atoms with van der Waals surface area (Å²) in [5, 5.41) is 4.93. The van der Waals surface area contributed by atoms with Gasteiger partial charge in [0.15, 0.2) is 6.61 Å². The van der Waals surface area contributed by atoms with Crippen LogP contribution in [0.4, 0.5) is 11.4 Å².